The molecule has 1 aromatic carbocycles. The monoisotopic (exact) mass is 263 g/mol. The van der Waals surface area contributed by atoms with E-state index in [1.807, 2.05) is 31.2 Å². The van der Waals surface area contributed by atoms with Gasteiger partial charge in [0.15, 0.2) is 0 Å². The van der Waals surface area contributed by atoms with Gasteiger partial charge in [0.2, 0.25) is 0 Å². The predicted molar refractivity (Wildman–Crippen MR) is 79.5 cm³/mol. The molecule has 0 saturated carbocycles. The van der Waals surface area contributed by atoms with Crippen LogP contribution in [-0.2, 0) is 5.41 Å². The van der Waals surface area contributed by atoms with Crippen LogP contribution in [0.4, 0.5) is 0 Å². The molecule has 0 saturated heterocycles. The van der Waals surface area contributed by atoms with E-state index >= 15 is 0 Å². The quantitative estimate of drug-likeness (QED) is 0.652. The zero-order valence-electron chi connectivity index (χ0n) is 10.4. The second kappa shape index (κ2) is 5.66. The first-order chi connectivity index (χ1) is 7.90. The molecule has 90 valence electrons. The van der Waals surface area contributed by atoms with E-state index in [0.717, 1.165) is 17.5 Å². The highest BCUT2D eigenvalue weighted by atomic mass is 32.1. The van der Waals surface area contributed by atoms with Crippen molar-refractivity contribution in [2.45, 2.75) is 32.6 Å². The average Bonchev–Trinajstić information content (AvgIpc) is 2.28. The lowest BCUT2D eigenvalue weighted by Gasteiger charge is -2.26. The molecule has 0 bridgehead atoms. The van der Waals surface area contributed by atoms with Crippen molar-refractivity contribution in [3.63, 3.8) is 0 Å². The molecule has 17 heavy (non-hydrogen) atoms. The van der Waals surface area contributed by atoms with E-state index in [-0.39, 0.29) is 0 Å². The maximum absolute atomic E-state index is 9.48. The van der Waals surface area contributed by atoms with Crippen molar-refractivity contribution < 1.29 is 0 Å². The SMILES string of the molecule is CC(C)CC(C)(C#N)c1ccccc1C(=S)S. The summed E-state index contributed by atoms with van der Waals surface area (Å²) in [7, 11) is 0. The molecular weight excluding hydrogens is 246 g/mol. The van der Waals surface area contributed by atoms with Crippen LogP contribution in [0.3, 0.4) is 0 Å². The molecule has 1 atom stereocenters. The van der Waals surface area contributed by atoms with Crippen LogP contribution >= 0.6 is 24.8 Å². The number of hydrogen-bond acceptors (Lipinski definition) is 2. The minimum Gasteiger partial charge on any atom is -0.197 e. The highest BCUT2D eigenvalue weighted by Crippen LogP contribution is 2.33. The van der Waals surface area contributed by atoms with Crippen LogP contribution in [0.15, 0.2) is 24.3 Å². The zero-order valence-corrected chi connectivity index (χ0v) is 12.1. The predicted octanol–water partition coefficient (Wildman–Crippen LogP) is 4.12. The van der Waals surface area contributed by atoms with E-state index in [2.05, 4.69) is 32.5 Å². The Balaban J connectivity index is 3.30. The summed E-state index contributed by atoms with van der Waals surface area (Å²) >= 11 is 9.38. The van der Waals surface area contributed by atoms with Crippen molar-refractivity contribution in [3.8, 4) is 6.07 Å². The molecule has 1 aromatic rings. The molecule has 1 nitrogen and oxygen atoms in total. The summed E-state index contributed by atoms with van der Waals surface area (Å²) in [6, 6.07) is 10.2. The topological polar surface area (TPSA) is 23.8 Å². The first-order valence-corrected chi connectivity index (χ1v) is 6.50. The molecule has 0 aliphatic carbocycles. The molecular formula is C14H17NS2. The second-order valence-corrected chi connectivity index (χ2v) is 6.05. The number of nitrogens with zero attached hydrogens (tertiary/aromatic N) is 1. The van der Waals surface area contributed by atoms with Crippen molar-refractivity contribution in [2.24, 2.45) is 5.92 Å². The maximum Gasteiger partial charge on any atom is 0.0803 e. The third kappa shape index (κ3) is 3.31. The van der Waals surface area contributed by atoms with Gasteiger partial charge in [-0.3, -0.25) is 0 Å². The molecule has 0 spiro atoms. The van der Waals surface area contributed by atoms with Gasteiger partial charge in [0.25, 0.3) is 0 Å². The summed E-state index contributed by atoms with van der Waals surface area (Å²) in [5.74, 6) is 0.459. The number of rotatable bonds is 4. The van der Waals surface area contributed by atoms with E-state index in [4.69, 9.17) is 12.2 Å². The minimum atomic E-state index is -0.502. The number of hydrogen-bond donors (Lipinski definition) is 1. The van der Waals surface area contributed by atoms with Crippen LogP contribution in [0.5, 0.6) is 0 Å². The first-order valence-electron chi connectivity index (χ1n) is 5.65. The minimum absolute atomic E-state index is 0.459. The van der Waals surface area contributed by atoms with E-state index in [1.165, 1.54) is 0 Å². The lowest BCUT2D eigenvalue weighted by molar-refractivity contribution is 0.448. The summed E-state index contributed by atoms with van der Waals surface area (Å²) in [6.07, 6.45) is 0.816. The highest BCUT2D eigenvalue weighted by Gasteiger charge is 2.30. The molecule has 0 fully saturated rings. The fourth-order valence-electron chi connectivity index (χ4n) is 2.18. The smallest absolute Gasteiger partial charge is 0.0803 e. The molecule has 1 rings (SSSR count). The van der Waals surface area contributed by atoms with Crippen LogP contribution in [0.1, 0.15) is 38.3 Å². The Morgan fingerprint density at radius 3 is 2.53 bits per heavy atom. The van der Waals surface area contributed by atoms with E-state index < -0.39 is 5.41 Å². The Hall–Kier alpha value is -0.850. The zero-order chi connectivity index (χ0) is 13.1. The first kappa shape index (κ1) is 14.2. The summed E-state index contributed by atoms with van der Waals surface area (Å²) in [5.41, 5.74) is 1.38. The molecule has 0 heterocycles. The van der Waals surface area contributed by atoms with Gasteiger partial charge < -0.3 is 0 Å². The fraction of sp³-hybridized carbons (Fsp3) is 0.429. The van der Waals surface area contributed by atoms with Gasteiger partial charge in [-0.15, -0.1) is 12.6 Å². The Morgan fingerprint density at radius 1 is 1.47 bits per heavy atom. The van der Waals surface area contributed by atoms with E-state index in [0.29, 0.717) is 10.1 Å². The molecule has 1 unspecified atom stereocenters. The number of thiocarbonyl (C=S) groups is 1. The van der Waals surface area contributed by atoms with Crippen LogP contribution in [0.2, 0.25) is 0 Å². The number of thiol groups is 1. The van der Waals surface area contributed by atoms with E-state index in [1.54, 1.807) is 0 Å². The third-order valence-electron chi connectivity index (χ3n) is 2.82. The normalized spacial score (nSPS) is 14.1. The molecule has 0 aliphatic rings. The molecule has 3 heteroatoms. The molecule has 0 radical (unpaired) electrons. The van der Waals surface area contributed by atoms with Crippen molar-refractivity contribution >= 4 is 29.0 Å². The van der Waals surface area contributed by atoms with Gasteiger partial charge in [-0.05, 0) is 24.8 Å². The van der Waals surface area contributed by atoms with Gasteiger partial charge in [-0.2, -0.15) is 5.26 Å². The van der Waals surface area contributed by atoms with Gasteiger partial charge in [0, 0.05) is 5.56 Å². The molecule has 0 N–H and O–H groups in total. The standard InChI is InChI=1S/C14H17NS2/c1-10(2)8-14(3,9-15)12-7-5-4-6-11(12)13(16)17/h4-7,10H,8H2,1-3H3,(H,16,17). The average molecular weight is 263 g/mol. The summed E-state index contributed by atoms with van der Waals surface area (Å²) in [5, 5.41) is 9.48. The van der Waals surface area contributed by atoms with Gasteiger partial charge in [-0.1, -0.05) is 50.3 Å². The Bertz CT molecular complexity index is 460. The Labute approximate surface area is 114 Å². The number of benzene rings is 1. The Kier molecular flexibility index (Phi) is 4.73. The molecule has 0 aliphatic heterocycles. The molecule has 0 aromatic heterocycles. The second-order valence-electron chi connectivity index (χ2n) is 4.89. The summed E-state index contributed by atoms with van der Waals surface area (Å²) in [4.78, 5) is 0. The van der Waals surface area contributed by atoms with Crippen LogP contribution in [0.25, 0.3) is 0 Å². The summed E-state index contributed by atoms with van der Waals surface area (Å²) < 4.78 is 0.547. The number of nitriles is 1. The Morgan fingerprint density at radius 2 is 2.06 bits per heavy atom. The third-order valence-corrected chi connectivity index (χ3v) is 3.28. The van der Waals surface area contributed by atoms with Gasteiger partial charge in [-0.25, -0.2) is 0 Å². The van der Waals surface area contributed by atoms with Crippen LogP contribution in [0, 0.1) is 17.2 Å². The lowest BCUT2D eigenvalue weighted by atomic mass is 9.75. The maximum atomic E-state index is 9.48. The van der Waals surface area contributed by atoms with Gasteiger partial charge in [0.05, 0.1) is 15.7 Å². The van der Waals surface area contributed by atoms with Crippen LogP contribution < -0.4 is 0 Å². The van der Waals surface area contributed by atoms with Gasteiger partial charge in [0.1, 0.15) is 0 Å². The van der Waals surface area contributed by atoms with Crippen molar-refractivity contribution in [3.05, 3.63) is 35.4 Å². The van der Waals surface area contributed by atoms with Gasteiger partial charge >= 0.3 is 0 Å². The molecule has 0 amide bonds. The van der Waals surface area contributed by atoms with Crippen molar-refractivity contribution in [1.82, 2.24) is 0 Å². The van der Waals surface area contributed by atoms with Crippen molar-refractivity contribution in [2.75, 3.05) is 0 Å². The van der Waals surface area contributed by atoms with Crippen LogP contribution in [-0.4, -0.2) is 4.20 Å². The summed E-state index contributed by atoms with van der Waals surface area (Å²) in [6.45, 7) is 6.21. The van der Waals surface area contributed by atoms with E-state index in [9.17, 15) is 5.26 Å². The fourth-order valence-corrected chi connectivity index (χ4v) is 2.56. The van der Waals surface area contributed by atoms with Crippen molar-refractivity contribution in [1.29, 1.82) is 5.26 Å². The lowest BCUT2D eigenvalue weighted by Crippen LogP contribution is -2.24. The largest absolute Gasteiger partial charge is 0.197 e. The highest BCUT2D eigenvalue weighted by molar-refractivity contribution is 8.11.